The van der Waals surface area contributed by atoms with Crippen molar-refractivity contribution in [3.8, 4) is 11.5 Å². The van der Waals surface area contributed by atoms with Gasteiger partial charge in [0.2, 0.25) is 5.91 Å². The lowest BCUT2D eigenvalue weighted by Crippen LogP contribution is -2.56. The first-order valence-corrected chi connectivity index (χ1v) is 9.30. The SMILES string of the molecule is CCOc1ccccc1NC(=O)CN1CCN(c2cccc(OC)c2)C(=O)C1=O. The molecule has 1 heterocycles. The maximum Gasteiger partial charge on any atom is 0.316 e. The number of ether oxygens (including phenoxy) is 2. The van der Waals surface area contributed by atoms with Crippen molar-refractivity contribution in [3.05, 3.63) is 48.5 Å². The molecule has 0 aliphatic carbocycles. The van der Waals surface area contributed by atoms with Crippen LogP contribution in [-0.2, 0) is 14.4 Å². The van der Waals surface area contributed by atoms with Gasteiger partial charge in [0.05, 0.1) is 19.4 Å². The second kappa shape index (κ2) is 9.09. The minimum absolute atomic E-state index is 0.211. The molecule has 2 aromatic rings. The molecule has 2 aromatic carbocycles. The molecule has 0 unspecified atom stereocenters. The van der Waals surface area contributed by atoms with Crippen molar-refractivity contribution in [2.75, 3.05) is 43.6 Å². The molecule has 1 fully saturated rings. The smallest absolute Gasteiger partial charge is 0.316 e. The Balaban J connectivity index is 1.64. The van der Waals surface area contributed by atoms with Gasteiger partial charge in [-0.3, -0.25) is 14.4 Å². The number of para-hydroxylation sites is 2. The van der Waals surface area contributed by atoms with Gasteiger partial charge in [-0.2, -0.15) is 0 Å². The van der Waals surface area contributed by atoms with E-state index < -0.39 is 17.7 Å². The van der Waals surface area contributed by atoms with E-state index >= 15 is 0 Å². The molecule has 0 bridgehead atoms. The number of anilines is 2. The molecule has 1 saturated heterocycles. The Kier molecular flexibility index (Phi) is 6.33. The van der Waals surface area contributed by atoms with Crippen LogP contribution in [0.25, 0.3) is 0 Å². The van der Waals surface area contributed by atoms with Gasteiger partial charge in [0.25, 0.3) is 0 Å². The molecule has 0 saturated carbocycles. The zero-order valence-corrected chi connectivity index (χ0v) is 16.4. The molecular weight excluding hydrogens is 374 g/mol. The second-order valence-corrected chi connectivity index (χ2v) is 6.36. The van der Waals surface area contributed by atoms with Crippen LogP contribution in [0.1, 0.15) is 6.92 Å². The maximum absolute atomic E-state index is 12.6. The summed E-state index contributed by atoms with van der Waals surface area (Å²) < 4.78 is 10.7. The highest BCUT2D eigenvalue weighted by molar-refractivity contribution is 6.41. The van der Waals surface area contributed by atoms with Crippen LogP contribution in [0.5, 0.6) is 11.5 Å². The van der Waals surface area contributed by atoms with E-state index in [-0.39, 0.29) is 13.1 Å². The van der Waals surface area contributed by atoms with Gasteiger partial charge in [-0.05, 0) is 31.2 Å². The summed E-state index contributed by atoms with van der Waals surface area (Å²) in [4.78, 5) is 40.1. The Labute approximate surface area is 169 Å². The summed E-state index contributed by atoms with van der Waals surface area (Å²) in [7, 11) is 1.53. The van der Waals surface area contributed by atoms with Crippen molar-refractivity contribution in [3.63, 3.8) is 0 Å². The first-order chi connectivity index (χ1) is 14.0. The molecule has 0 aromatic heterocycles. The van der Waals surface area contributed by atoms with E-state index in [1.807, 2.05) is 6.92 Å². The highest BCUT2D eigenvalue weighted by Crippen LogP contribution is 2.25. The molecular formula is C21H23N3O5. The number of carbonyl (C=O) groups is 3. The molecule has 152 valence electrons. The summed E-state index contributed by atoms with van der Waals surface area (Å²) in [6, 6.07) is 14.0. The number of rotatable bonds is 7. The highest BCUT2D eigenvalue weighted by Gasteiger charge is 2.34. The molecule has 1 aliphatic heterocycles. The van der Waals surface area contributed by atoms with E-state index in [1.54, 1.807) is 48.5 Å². The fourth-order valence-corrected chi connectivity index (χ4v) is 3.06. The standard InChI is InChI=1S/C21H23N3O5/c1-3-29-18-10-5-4-9-17(18)22-19(25)14-23-11-12-24(21(27)20(23)26)15-7-6-8-16(13-15)28-2/h4-10,13H,3,11-12,14H2,1-2H3,(H,22,25). The second-order valence-electron chi connectivity index (χ2n) is 6.36. The topological polar surface area (TPSA) is 88.2 Å². The zero-order chi connectivity index (χ0) is 20.8. The Morgan fingerprint density at radius 1 is 1.07 bits per heavy atom. The van der Waals surface area contributed by atoms with Gasteiger partial charge in [-0.25, -0.2) is 0 Å². The number of nitrogens with zero attached hydrogens (tertiary/aromatic N) is 2. The van der Waals surface area contributed by atoms with E-state index in [0.717, 1.165) is 0 Å². The summed E-state index contributed by atoms with van der Waals surface area (Å²) in [5, 5.41) is 2.74. The van der Waals surface area contributed by atoms with Crippen molar-refractivity contribution < 1.29 is 23.9 Å². The predicted molar refractivity (Wildman–Crippen MR) is 108 cm³/mol. The van der Waals surface area contributed by atoms with E-state index in [9.17, 15) is 14.4 Å². The first-order valence-electron chi connectivity index (χ1n) is 9.30. The quantitative estimate of drug-likeness (QED) is 0.721. The van der Waals surface area contributed by atoms with Crippen LogP contribution in [0.15, 0.2) is 48.5 Å². The molecule has 1 aliphatic rings. The number of hydrogen-bond donors (Lipinski definition) is 1. The van der Waals surface area contributed by atoms with Crippen LogP contribution >= 0.6 is 0 Å². The van der Waals surface area contributed by atoms with E-state index in [0.29, 0.717) is 36.0 Å². The normalized spacial score (nSPS) is 14.0. The predicted octanol–water partition coefficient (Wildman–Crippen LogP) is 1.91. The van der Waals surface area contributed by atoms with E-state index in [4.69, 9.17) is 9.47 Å². The van der Waals surface area contributed by atoms with Gasteiger partial charge in [0.1, 0.15) is 18.0 Å². The Morgan fingerprint density at radius 2 is 1.86 bits per heavy atom. The summed E-state index contributed by atoms with van der Waals surface area (Å²) in [5.74, 6) is -0.640. The van der Waals surface area contributed by atoms with Crippen molar-refractivity contribution in [2.45, 2.75) is 6.92 Å². The monoisotopic (exact) mass is 397 g/mol. The molecule has 0 atom stereocenters. The number of benzene rings is 2. The zero-order valence-electron chi connectivity index (χ0n) is 16.4. The average Bonchev–Trinajstić information content (AvgIpc) is 2.73. The van der Waals surface area contributed by atoms with Gasteiger partial charge in [0.15, 0.2) is 0 Å². The minimum Gasteiger partial charge on any atom is -0.497 e. The first kappa shape index (κ1) is 20.2. The van der Waals surface area contributed by atoms with E-state index in [2.05, 4.69) is 5.32 Å². The third-order valence-corrected chi connectivity index (χ3v) is 4.47. The van der Waals surface area contributed by atoms with Crippen LogP contribution in [0.3, 0.4) is 0 Å². The number of amides is 3. The number of methoxy groups -OCH3 is 1. The molecule has 29 heavy (non-hydrogen) atoms. The lowest BCUT2D eigenvalue weighted by Gasteiger charge is -2.33. The fraction of sp³-hybridized carbons (Fsp3) is 0.286. The van der Waals surface area contributed by atoms with Gasteiger partial charge < -0.3 is 24.6 Å². The van der Waals surface area contributed by atoms with Gasteiger partial charge >= 0.3 is 11.8 Å². The number of carbonyl (C=O) groups excluding carboxylic acids is 3. The van der Waals surface area contributed by atoms with E-state index in [1.165, 1.54) is 16.9 Å². The highest BCUT2D eigenvalue weighted by atomic mass is 16.5. The van der Waals surface area contributed by atoms with Crippen LogP contribution in [0, 0.1) is 0 Å². The maximum atomic E-state index is 12.6. The lowest BCUT2D eigenvalue weighted by molar-refractivity contribution is -0.147. The molecule has 0 spiro atoms. The van der Waals surface area contributed by atoms with Crippen molar-refractivity contribution >= 4 is 29.1 Å². The van der Waals surface area contributed by atoms with Gasteiger partial charge in [-0.1, -0.05) is 18.2 Å². The van der Waals surface area contributed by atoms with Crippen molar-refractivity contribution in [1.82, 2.24) is 4.90 Å². The average molecular weight is 397 g/mol. The molecule has 3 rings (SSSR count). The minimum atomic E-state index is -0.715. The Morgan fingerprint density at radius 3 is 2.62 bits per heavy atom. The molecule has 8 heteroatoms. The number of piperazine rings is 1. The van der Waals surface area contributed by atoms with Crippen LogP contribution < -0.4 is 19.7 Å². The van der Waals surface area contributed by atoms with Crippen molar-refractivity contribution in [1.29, 1.82) is 0 Å². The Bertz CT molecular complexity index is 915. The summed E-state index contributed by atoms with van der Waals surface area (Å²) in [6.07, 6.45) is 0. The van der Waals surface area contributed by atoms with Crippen LogP contribution in [0.2, 0.25) is 0 Å². The summed E-state index contributed by atoms with van der Waals surface area (Å²) in [6.45, 7) is 2.65. The molecule has 8 nitrogen and oxygen atoms in total. The number of nitrogens with one attached hydrogen (secondary N) is 1. The fourth-order valence-electron chi connectivity index (χ4n) is 3.06. The van der Waals surface area contributed by atoms with Crippen LogP contribution in [0.4, 0.5) is 11.4 Å². The number of hydrogen-bond acceptors (Lipinski definition) is 5. The molecule has 0 radical (unpaired) electrons. The third kappa shape index (κ3) is 4.66. The lowest BCUT2D eigenvalue weighted by atomic mass is 10.2. The Hall–Kier alpha value is -3.55. The third-order valence-electron chi connectivity index (χ3n) is 4.47. The summed E-state index contributed by atoms with van der Waals surface area (Å²) in [5.41, 5.74) is 1.10. The van der Waals surface area contributed by atoms with Crippen molar-refractivity contribution in [2.24, 2.45) is 0 Å². The largest absolute Gasteiger partial charge is 0.497 e. The van der Waals surface area contributed by atoms with Gasteiger partial charge in [-0.15, -0.1) is 0 Å². The summed E-state index contributed by atoms with van der Waals surface area (Å²) >= 11 is 0. The molecule has 1 N–H and O–H groups in total. The molecule has 3 amide bonds. The van der Waals surface area contributed by atoms with Crippen LogP contribution in [-0.4, -0.2) is 56.0 Å². The van der Waals surface area contributed by atoms with Gasteiger partial charge in [0, 0.05) is 24.8 Å².